The van der Waals surface area contributed by atoms with Crippen molar-refractivity contribution in [1.82, 2.24) is 9.55 Å². The Morgan fingerprint density at radius 1 is 1.16 bits per heavy atom. The minimum atomic E-state index is -0.233. The van der Waals surface area contributed by atoms with Gasteiger partial charge in [-0.25, -0.2) is 9.37 Å². The average Bonchev–Trinajstić information content (AvgIpc) is 2.70. The molecule has 0 amide bonds. The van der Waals surface area contributed by atoms with E-state index in [2.05, 4.69) is 4.98 Å². The molecule has 0 atom stereocenters. The van der Waals surface area contributed by atoms with Crippen LogP contribution < -0.4 is 5.73 Å². The van der Waals surface area contributed by atoms with Gasteiger partial charge in [-0.3, -0.25) is 0 Å². The quantitative estimate of drug-likeness (QED) is 0.764. The number of rotatable bonds is 2. The van der Waals surface area contributed by atoms with Gasteiger partial charge in [0.15, 0.2) is 0 Å². The number of benzene rings is 2. The first kappa shape index (κ1) is 11.7. The number of hydrogen-bond donors (Lipinski definition) is 1. The lowest BCUT2D eigenvalue weighted by molar-refractivity contribution is 0.626. The van der Waals surface area contributed by atoms with E-state index in [1.807, 2.05) is 29.7 Å². The SMILES string of the molecule is Cc1cccc2nc(N)n(Cc3ccc(F)cc3)c12. The molecule has 0 aliphatic heterocycles. The molecule has 3 aromatic rings. The highest BCUT2D eigenvalue weighted by molar-refractivity contribution is 5.81. The van der Waals surface area contributed by atoms with E-state index in [1.165, 1.54) is 12.1 Å². The van der Waals surface area contributed by atoms with Crippen molar-refractivity contribution in [2.45, 2.75) is 13.5 Å². The van der Waals surface area contributed by atoms with Crippen LogP contribution in [-0.2, 0) is 6.54 Å². The maximum Gasteiger partial charge on any atom is 0.201 e. The zero-order valence-corrected chi connectivity index (χ0v) is 10.6. The molecule has 0 saturated heterocycles. The van der Waals surface area contributed by atoms with Gasteiger partial charge in [-0.1, -0.05) is 24.3 Å². The number of imidazole rings is 1. The predicted octanol–water partition coefficient (Wildman–Crippen LogP) is 3.11. The zero-order chi connectivity index (χ0) is 13.4. The maximum absolute atomic E-state index is 12.9. The van der Waals surface area contributed by atoms with E-state index in [0.717, 1.165) is 22.2 Å². The van der Waals surface area contributed by atoms with Gasteiger partial charge in [0.25, 0.3) is 0 Å². The Labute approximate surface area is 110 Å². The molecule has 96 valence electrons. The van der Waals surface area contributed by atoms with Crippen molar-refractivity contribution in [3.05, 3.63) is 59.4 Å². The molecule has 3 rings (SSSR count). The highest BCUT2D eigenvalue weighted by Crippen LogP contribution is 2.22. The van der Waals surface area contributed by atoms with Crippen molar-refractivity contribution in [1.29, 1.82) is 0 Å². The molecule has 2 aromatic carbocycles. The molecule has 0 fully saturated rings. The molecular weight excluding hydrogens is 241 g/mol. The van der Waals surface area contributed by atoms with Crippen LogP contribution in [0.3, 0.4) is 0 Å². The lowest BCUT2D eigenvalue weighted by Crippen LogP contribution is -2.05. The summed E-state index contributed by atoms with van der Waals surface area (Å²) >= 11 is 0. The Balaban J connectivity index is 2.09. The van der Waals surface area contributed by atoms with Gasteiger partial charge >= 0.3 is 0 Å². The minimum Gasteiger partial charge on any atom is -0.369 e. The molecule has 0 aliphatic rings. The van der Waals surface area contributed by atoms with Crippen molar-refractivity contribution < 1.29 is 4.39 Å². The second-order valence-electron chi connectivity index (χ2n) is 4.63. The molecule has 4 heteroatoms. The molecule has 0 spiro atoms. The summed E-state index contributed by atoms with van der Waals surface area (Å²) in [5.41, 5.74) is 10.0. The summed E-state index contributed by atoms with van der Waals surface area (Å²) in [6.45, 7) is 2.62. The standard InChI is InChI=1S/C15H14FN3/c1-10-3-2-4-13-14(10)19(15(17)18-13)9-11-5-7-12(16)8-6-11/h2-8H,9H2,1H3,(H2,17,18). The van der Waals surface area contributed by atoms with Crippen LogP contribution in [0.15, 0.2) is 42.5 Å². The number of hydrogen-bond acceptors (Lipinski definition) is 2. The Morgan fingerprint density at radius 3 is 2.63 bits per heavy atom. The fraction of sp³-hybridized carbons (Fsp3) is 0.133. The van der Waals surface area contributed by atoms with E-state index < -0.39 is 0 Å². The lowest BCUT2D eigenvalue weighted by Gasteiger charge is -2.08. The number of fused-ring (bicyclic) bond motifs is 1. The fourth-order valence-electron chi connectivity index (χ4n) is 2.32. The van der Waals surface area contributed by atoms with Crippen LogP contribution in [0.2, 0.25) is 0 Å². The van der Waals surface area contributed by atoms with Gasteiger partial charge in [0.2, 0.25) is 5.95 Å². The van der Waals surface area contributed by atoms with Crippen LogP contribution in [0.25, 0.3) is 11.0 Å². The number of nitrogens with two attached hydrogens (primary N) is 1. The summed E-state index contributed by atoms with van der Waals surface area (Å²) in [5, 5.41) is 0. The first-order chi connectivity index (χ1) is 9.15. The van der Waals surface area contributed by atoms with Gasteiger partial charge in [0, 0.05) is 0 Å². The third kappa shape index (κ3) is 2.05. The number of aryl methyl sites for hydroxylation is 1. The second-order valence-corrected chi connectivity index (χ2v) is 4.63. The third-order valence-electron chi connectivity index (χ3n) is 3.25. The van der Waals surface area contributed by atoms with Gasteiger partial charge in [-0.2, -0.15) is 0 Å². The maximum atomic E-state index is 12.9. The van der Waals surface area contributed by atoms with Crippen molar-refractivity contribution in [2.75, 3.05) is 5.73 Å². The number of nitrogens with zero attached hydrogens (tertiary/aromatic N) is 2. The molecule has 0 aliphatic carbocycles. The van der Waals surface area contributed by atoms with E-state index >= 15 is 0 Å². The number of anilines is 1. The Hall–Kier alpha value is -2.36. The summed E-state index contributed by atoms with van der Waals surface area (Å²) in [5.74, 6) is 0.247. The van der Waals surface area contributed by atoms with E-state index in [0.29, 0.717) is 12.5 Å². The molecule has 0 unspecified atom stereocenters. The number of para-hydroxylation sites is 1. The van der Waals surface area contributed by atoms with Crippen LogP contribution in [0, 0.1) is 12.7 Å². The van der Waals surface area contributed by atoms with Gasteiger partial charge in [-0.05, 0) is 36.2 Å². The number of aromatic nitrogens is 2. The first-order valence-corrected chi connectivity index (χ1v) is 6.11. The lowest BCUT2D eigenvalue weighted by atomic mass is 10.2. The fourth-order valence-corrected chi connectivity index (χ4v) is 2.32. The van der Waals surface area contributed by atoms with Crippen molar-refractivity contribution >= 4 is 17.0 Å². The highest BCUT2D eigenvalue weighted by atomic mass is 19.1. The summed E-state index contributed by atoms with van der Waals surface area (Å²) in [6, 6.07) is 12.4. The van der Waals surface area contributed by atoms with Crippen molar-refractivity contribution in [3.63, 3.8) is 0 Å². The van der Waals surface area contributed by atoms with Gasteiger partial charge in [0.05, 0.1) is 17.6 Å². The van der Waals surface area contributed by atoms with Crippen molar-refractivity contribution in [2.24, 2.45) is 0 Å². The number of nitrogen functional groups attached to an aromatic ring is 1. The first-order valence-electron chi connectivity index (χ1n) is 6.11. The molecule has 0 bridgehead atoms. The van der Waals surface area contributed by atoms with Crippen LogP contribution in [0.1, 0.15) is 11.1 Å². The van der Waals surface area contributed by atoms with Crippen molar-refractivity contribution in [3.8, 4) is 0 Å². The molecule has 3 nitrogen and oxygen atoms in total. The van der Waals surface area contributed by atoms with Gasteiger partial charge < -0.3 is 10.3 Å². The second kappa shape index (κ2) is 4.39. The van der Waals surface area contributed by atoms with E-state index in [4.69, 9.17) is 5.73 Å². The molecule has 1 heterocycles. The summed E-state index contributed by atoms with van der Waals surface area (Å²) < 4.78 is 14.9. The largest absolute Gasteiger partial charge is 0.369 e. The van der Waals surface area contributed by atoms with E-state index in [1.54, 1.807) is 12.1 Å². The Kier molecular flexibility index (Phi) is 2.71. The summed E-state index contributed by atoms with van der Waals surface area (Å²) in [6.07, 6.45) is 0. The Morgan fingerprint density at radius 2 is 1.89 bits per heavy atom. The molecule has 0 radical (unpaired) electrons. The monoisotopic (exact) mass is 255 g/mol. The van der Waals surface area contributed by atoms with Crippen LogP contribution in [-0.4, -0.2) is 9.55 Å². The molecule has 19 heavy (non-hydrogen) atoms. The van der Waals surface area contributed by atoms with Gasteiger partial charge in [-0.15, -0.1) is 0 Å². The normalized spacial score (nSPS) is 11.1. The third-order valence-corrected chi connectivity index (χ3v) is 3.25. The molecule has 0 saturated carbocycles. The highest BCUT2D eigenvalue weighted by Gasteiger charge is 2.10. The van der Waals surface area contributed by atoms with Crippen LogP contribution in [0.4, 0.5) is 10.3 Å². The molecule has 1 aromatic heterocycles. The smallest absolute Gasteiger partial charge is 0.201 e. The number of halogens is 1. The van der Waals surface area contributed by atoms with Crippen LogP contribution >= 0.6 is 0 Å². The van der Waals surface area contributed by atoms with E-state index in [9.17, 15) is 4.39 Å². The predicted molar refractivity (Wildman–Crippen MR) is 74.4 cm³/mol. The van der Waals surface area contributed by atoms with E-state index in [-0.39, 0.29) is 5.82 Å². The zero-order valence-electron chi connectivity index (χ0n) is 10.6. The molecular formula is C15H14FN3. The Bertz CT molecular complexity index is 729. The van der Waals surface area contributed by atoms with Crippen LogP contribution in [0.5, 0.6) is 0 Å². The summed E-state index contributed by atoms with van der Waals surface area (Å²) in [7, 11) is 0. The topological polar surface area (TPSA) is 43.8 Å². The average molecular weight is 255 g/mol. The summed E-state index contributed by atoms with van der Waals surface area (Å²) in [4.78, 5) is 4.35. The van der Waals surface area contributed by atoms with Gasteiger partial charge in [0.1, 0.15) is 5.82 Å². The molecule has 2 N–H and O–H groups in total. The minimum absolute atomic E-state index is 0.233.